The van der Waals surface area contributed by atoms with Crippen molar-refractivity contribution < 1.29 is 9.90 Å². The molecule has 0 aliphatic rings. The van der Waals surface area contributed by atoms with Crippen LogP contribution in [0.3, 0.4) is 0 Å². The van der Waals surface area contributed by atoms with E-state index in [0.717, 1.165) is 6.92 Å². The molecule has 0 bridgehead atoms. The van der Waals surface area contributed by atoms with E-state index in [9.17, 15) is 0 Å². The summed E-state index contributed by atoms with van der Waals surface area (Å²) in [6.07, 6.45) is 3.20. The Balaban J connectivity index is 0.000000218. The van der Waals surface area contributed by atoms with E-state index in [2.05, 4.69) is 9.97 Å². The van der Waals surface area contributed by atoms with Crippen molar-refractivity contribution in [1.82, 2.24) is 9.97 Å². The smallest absolute Gasteiger partial charge is 0.300 e. The Labute approximate surface area is 63.9 Å². The van der Waals surface area contributed by atoms with Crippen LogP contribution in [0.5, 0.6) is 0 Å². The Morgan fingerprint density at radius 1 is 1.55 bits per heavy atom. The largest absolute Gasteiger partial charge is 0.481 e. The number of carboxylic acids is 1. The van der Waals surface area contributed by atoms with Crippen LogP contribution in [0.1, 0.15) is 6.92 Å². The van der Waals surface area contributed by atoms with Gasteiger partial charge < -0.3 is 10.8 Å². The molecule has 11 heavy (non-hydrogen) atoms. The summed E-state index contributed by atoms with van der Waals surface area (Å²) in [5.74, 6) is -0.512. The molecular weight excluding hydrogens is 146 g/mol. The lowest BCUT2D eigenvalue weighted by Crippen LogP contribution is -1.90. The van der Waals surface area contributed by atoms with Gasteiger partial charge in [0, 0.05) is 19.3 Å². The van der Waals surface area contributed by atoms with Gasteiger partial charge in [0.15, 0.2) is 0 Å². The minimum atomic E-state index is -0.833. The van der Waals surface area contributed by atoms with Crippen LogP contribution in [-0.2, 0) is 4.79 Å². The van der Waals surface area contributed by atoms with Crippen LogP contribution in [0, 0.1) is 0 Å². The van der Waals surface area contributed by atoms with E-state index in [0.29, 0.717) is 5.95 Å². The summed E-state index contributed by atoms with van der Waals surface area (Å²) in [4.78, 5) is 16.3. The number of nitrogens with two attached hydrogens (primary N) is 1. The van der Waals surface area contributed by atoms with E-state index in [1.807, 2.05) is 0 Å². The third kappa shape index (κ3) is 8.35. The number of aromatic nitrogens is 2. The first-order valence-corrected chi connectivity index (χ1v) is 2.85. The first-order chi connectivity index (χ1) is 5.13. The van der Waals surface area contributed by atoms with Crippen LogP contribution in [0.25, 0.3) is 0 Å². The first kappa shape index (κ1) is 9.35. The maximum atomic E-state index is 9.00. The number of carboxylic acid groups (broad SMARTS) is 1. The summed E-state index contributed by atoms with van der Waals surface area (Å²) in [5, 5.41) is 7.42. The van der Waals surface area contributed by atoms with Crippen LogP contribution < -0.4 is 5.73 Å². The monoisotopic (exact) mass is 155 g/mol. The number of aliphatic carboxylic acids is 1. The van der Waals surface area contributed by atoms with Crippen LogP contribution in [0.15, 0.2) is 18.5 Å². The van der Waals surface area contributed by atoms with Crippen LogP contribution in [0.2, 0.25) is 0 Å². The van der Waals surface area contributed by atoms with Gasteiger partial charge in [0.1, 0.15) is 0 Å². The molecule has 0 aliphatic carbocycles. The zero-order chi connectivity index (χ0) is 8.69. The SMILES string of the molecule is CC(=O)O.Nc1ncccn1. The van der Waals surface area contributed by atoms with Gasteiger partial charge in [0.2, 0.25) is 5.95 Å². The molecule has 1 heterocycles. The molecule has 0 amide bonds. The number of carbonyl (C=O) groups is 1. The van der Waals surface area contributed by atoms with Crippen molar-refractivity contribution in [3.8, 4) is 0 Å². The highest BCUT2D eigenvalue weighted by atomic mass is 16.4. The van der Waals surface area contributed by atoms with E-state index in [1.165, 1.54) is 0 Å². The molecule has 0 aromatic carbocycles. The molecule has 0 fully saturated rings. The Bertz CT molecular complexity index is 208. The average Bonchev–Trinajstić information content (AvgIpc) is 1.87. The Morgan fingerprint density at radius 3 is 2.09 bits per heavy atom. The summed E-state index contributed by atoms with van der Waals surface area (Å²) in [6.45, 7) is 1.08. The van der Waals surface area contributed by atoms with Crippen LogP contribution in [0.4, 0.5) is 5.95 Å². The van der Waals surface area contributed by atoms with Gasteiger partial charge >= 0.3 is 0 Å². The standard InChI is InChI=1S/C4H5N3.C2H4O2/c5-4-6-2-1-3-7-4;1-2(3)4/h1-3H,(H2,5,6,7);1H3,(H,3,4). The summed E-state index contributed by atoms with van der Waals surface area (Å²) in [5.41, 5.74) is 5.14. The van der Waals surface area contributed by atoms with E-state index in [4.69, 9.17) is 15.6 Å². The lowest BCUT2D eigenvalue weighted by molar-refractivity contribution is -0.134. The third-order valence-electron chi connectivity index (χ3n) is 0.586. The molecule has 0 atom stereocenters. The number of nitrogens with zero attached hydrogens (tertiary/aromatic N) is 2. The molecule has 1 rings (SSSR count). The Morgan fingerprint density at radius 2 is 1.91 bits per heavy atom. The van der Waals surface area contributed by atoms with Gasteiger partial charge in [0.25, 0.3) is 5.97 Å². The highest BCUT2D eigenvalue weighted by Gasteiger charge is 1.75. The molecule has 0 spiro atoms. The van der Waals surface area contributed by atoms with Crippen molar-refractivity contribution >= 4 is 11.9 Å². The topological polar surface area (TPSA) is 89.1 Å². The van der Waals surface area contributed by atoms with Gasteiger partial charge in [-0.15, -0.1) is 0 Å². The van der Waals surface area contributed by atoms with E-state index < -0.39 is 5.97 Å². The predicted octanol–water partition coefficient (Wildman–Crippen LogP) is 0.150. The second kappa shape index (κ2) is 5.16. The quantitative estimate of drug-likeness (QED) is 0.556. The van der Waals surface area contributed by atoms with Crippen LogP contribution >= 0.6 is 0 Å². The molecule has 0 aliphatic heterocycles. The van der Waals surface area contributed by atoms with Gasteiger partial charge in [-0.25, -0.2) is 9.97 Å². The average molecular weight is 155 g/mol. The van der Waals surface area contributed by atoms with Gasteiger partial charge in [-0.2, -0.15) is 0 Å². The molecule has 1 aromatic heterocycles. The molecule has 0 saturated heterocycles. The molecule has 0 unspecified atom stereocenters. The first-order valence-electron chi connectivity index (χ1n) is 2.85. The second-order valence-electron chi connectivity index (χ2n) is 1.63. The number of anilines is 1. The minimum absolute atomic E-state index is 0.322. The van der Waals surface area contributed by atoms with Crippen molar-refractivity contribution in [2.75, 3.05) is 5.73 Å². The highest BCUT2D eigenvalue weighted by molar-refractivity contribution is 5.62. The van der Waals surface area contributed by atoms with Crippen molar-refractivity contribution in [3.05, 3.63) is 18.5 Å². The minimum Gasteiger partial charge on any atom is -0.481 e. The molecule has 0 radical (unpaired) electrons. The molecule has 5 heteroatoms. The summed E-state index contributed by atoms with van der Waals surface area (Å²) in [6, 6.07) is 1.72. The van der Waals surface area contributed by atoms with Gasteiger partial charge in [-0.3, -0.25) is 4.79 Å². The Hall–Kier alpha value is -1.65. The zero-order valence-corrected chi connectivity index (χ0v) is 6.06. The van der Waals surface area contributed by atoms with Crippen molar-refractivity contribution in [3.63, 3.8) is 0 Å². The summed E-state index contributed by atoms with van der Waals surface area (Å²) < 4.78 is 0. The van der Waals surface area contributed by atoms with Crippen molar-refractivity contribution in [1.29, 1.82) is 0 Å². The summed E-state index contributed by atoms with van der Waals surface area (Å²) >= 11 is 0. The molecule has 5 nitrogen and oxygen atoms in total. The zero-order valence-electron chi connectivity index (χ0n) is 6.06. The van der Waals surface area contributed by atoms with Crippen molar-refractivity contribution in [2.24, 2.45) is 0 Å². The maximum Gasteiger partial charge on any atom is 0.300 e. The molecular formula is C6H9N3O2. The van der Waals surface area contributed by atoms with Crippen LogP contribution in [-0.4, -0.2) is 21.0 Å². The lowest BCUT2D eigenvalue weighted by atomic mass is 10.7. The Kier molecular flexibility index (Phi) is 4.39. The van der Waals surface area contributed by atoms with E-state index in [1.54, 1.807) is 18.5 Å². The van der Waals surface area contributed by atoms with Crippen molar-refractivity contribution in [2.45, 2.75) is 6.92 Å². The molecule has 0 saturated carbocycles. The molecule has 1 aromatic rings. The summed E-state index contributed by atoms with van der Waals surface area (Å²) in [7, 11) is 0. The van der Waals surface area contributed by atoms with E-state index >= 15 is 0 Å². The normalized spacial score (nSPS) is 7.73. The number of nitrogen functional groups attached to an aromatic ring is 1. The fraction of sp³-hybridized carbons (Fsp3) is 0.167. The maximum absolute atomic E-state index is 9.00. The van der Waals surface area contributed by atoms with Gasteiger partial charge in [0.05, 0.1) is 0 Å². The lowest BCUT2D eigenvalue weighted by Gasteiger charge is -1.82. The second-order valence-corrected chi connectivity index (χ2v) is 1.63. The van der Waals surface area contributed by atoms with E-state index in [-0.39, 0.29) is 0 Å². The fourth-order valence-electron chi connectivity index (χ4n) is 0.311. The molecule has 60 valence electrons. The number of rotatable bonds is 0. The fourth-order valence-corrected chi connectivity index (χ4v) is 0.311. The number of hydrogen-bond acceptors (Lipinski definition) is 4. The third-order valence-corrected chi connectivity index (χ3v) is 0.586. The van der Waals surface area contributed by atoms with Gasteiger partial charge in [-0.1, -0.05) is 0 Å². The van der Waals surface area contributed by atoms with Gasteiger partial charge in [-0.05, 0) is 6.07 Å². The number of hydrogen-bond donors (Lipinski definition) is 2. The predicted molar refractivity (Wildman–Crippen MR) is 39.8 cm³/mol. The molecule has 3 N–H and O–H groups in total. The highest BCUT2D eigenvalue weighted by Crippen LogP contribution is 1.81.